The van der Waals surface area contributed by atoms with Crippen LogP contribution in [0.25, 0.3) is 0 Å². The zero-order valence-corrected chi connectivity index (χ0v) is 17.3. The molecule has 6 nitrogen and oxygen atoms in total. The maximum atomic E-state index is 13.0. The molecule has 0 bridgehead atoms. The van der Waals surface area contributed by atoms with E-state index in [2.05, 4.69) is 6.58 Å². The van der Waals surface area contributed by atoms with E-state index in [4.69, 9.17) is 0 Å². The Morgan fingerprint density at radius 1 is 1.04 bits per heavy atom. The molecule has 0 atom stereocenters. The van der Waals surface area contributed by atoms with E-state index in [-0.39, 0.29) is 22.9 Å². The molecule has 0 unspecified atom stereocenters. The molecule has 1 saturated heterocycles. The van der Waals surface area contributed by atoms with Gasteiger partial charge < -0.3 is 0 Å². The predicted molar refractivity (Wildman–Crippen MR) is 107 cm³/mol. The molecule has 0 spiro atoms. The van der Waals surface area contributed by atoms with Crippen LogP contribution in [0.3, 0.4) is 0 Å². The minimum absolute atomic E-state index is 0.0706. The molecule has 3 rings (SSSR count). The van der Waals surface area contributed by atoms with Gasteiger partial charge in [-0.15, -0.1) is 17.9 Å². The average Bonchev–Trinajstić information content (AvgIpc) is 3.35. The Kier molecular flexibility index (Phi) is 6.17. The molecule has 0 saturated carbocycles. The first-order valence-corrected chi connectivity index (χ1v) is 12.4. The molecule has 27 heavy (non-hydrogen) atoms. The number of hydrogen-bond acceptors (Lipinski definition) is 5. The highest BCUT2D eigenvalue weighted by Crippen LogP contribution is 2.24. The molecule has 1 aliphatic rings. The van der Waals surface area contributed by atoms with Crippen molar-refractivity contribution in [2.45, 2.75) is 29.2 Å². The van der Waals surface area contributed by atoms with Crippen molar-refractivity contribution in [3.63, 3.8) is 0 Å². The van der Waals surface area contributed by atoms with Gasteiger partial charge in [0, 0.05) is 31.1 Å². The molecule has 1 fully saturated rings. The maximum absolute atomic E-state index is 13.0. The molecular formula is C18H22N2O4S3. The summed E-state index contributed by atoms with van der Waals surface area (Å²) >= 11 is 1.48. The number of sulfonamides is 2. The third kappa shape index (κ3) is 4.33. The van der Waals surface area contributed by atoms with Crippen LogP contribution in [0.5, 0.6) is 0 Å². The van der Waals surface area contributed by atoms with Crippen LogP contribution in [-0.4, -0.2) is 45.1 Å². The van der Waals surface area contributed by atoms with Crippen molar-refractivity contribution in [1.29, 1.82) is 0 Å². The summed E-state index contributed by atoms with van der Waals surface area (Å²) in [6, 6.07) is 9.22. The van der Waals surface area contributed by atoms with Gasteiger partial charge in [-0.2, -0.15) is 8.61 Å². The largest absolute Gasteiger partial charge is 0.243 e. The molecule has 1 aliphatic heterocycles. The van der Waals surface area contributed by atoms with E-state index < -0.39 is 20.0 Å². The van der Waals surface area contributed by atoms with Crippen LogP contribution >= 0.6 is 11.3 Å². The van der Waals surface area contributed by atoms with Crippen LogP contribution in [0, 0.1) is 0 Å². The van der Waals surface area contributed by atoms with Crippen molar-refractivity contribution < 1.29 is 16.8 Å². The molecule has 1 aromatic carbocycles. The molecule has 9 heteroatoms. The SMILES string of the molecule is C=CCN(Cc1cccs1)S(=O)(=O)c1ccc(S(=O)(=O)N2CCCC2)cc1. The van der Waals surface area contributed by atoms with Crippen LogP contribution < -0.4 is 0 Å². The quantitative estimate of drug-likeness (QED) is 0.608. The molecule has 2 heterocycles. The fourth-order valence-electron chi connectivity index (χ4n) is 2.98. The lowest BCUT2D eigenvalue weighted by atomic mass is 10.4. The second kappa shape index (κ2) is 8.24. The van der Waals surface area contributed by atoms with Crippen molar-refractivity contribution in [2.75, 3.05) is 19.6 Å². The van der Waals surface area contributed by atoms with Crippen molar-refractivity contribution in [1.82, 2.24) is 8.61 Å². The third-order valence-corrected chi connectivity index (χ3v) is 9.01. The van der Waals surface area contributed by atoms with E-state index >= 15 is 0 Å². The first-order valence-electron chi connectivity index (χ1n) is 8.59. The summed E-state index contributed by atoms with van der Waals surface area (Å²) in [5, 5.41) is 1.89. The Morgan fingerprint density at radius 2 is 1.67 bits per heavy atom. The highest BCUT2D eigenvalue weighted by atomic mass is 32.2. The van der Waals surface area contributed by atoms with Gasteiger partial charge in [0.05, 0.1) is 9.79 Å². The van der Waals surface area contributed by atoms with E-state index in [1.54, 1.807) is 0 Å². The summed E-state index contributed by atoms with van der Waals surface area (Å²) < 4.78 is 53.9. The van der Waals surface area contributed by atoms with Gasteiger partial charge in [-0.05, 0) is 48.6 Å². The van der Waals surface area contributed by atoms with Crippen molar-refractivity contribution in [3.05, 3.63) is 59.3 Å². The van der Waals surface area contributed by atoms with Crippen LogP contribution in [0.1, 0.15) is 17.7 Å². The maximum Gasteiger partial charge on any atom is 0.243 e. The van der Waals surface area contributed by atoms with E-state index in [1.165, 1.54) is 50.3 Å². The molecule has 0 N–H and O–H groups in total. The van der Waals surface area contributed by atoms with Gasteiger partial charge in [-0.1, -0.05) is 12.1 Å². The lowest BCUT2D eigenvalue weighted by Crippen LogP contribution is -2.31. The zero-order valence-electron chi connectivity index (χ0n) is 14.8. The zero-order chi connectivity index (χ0) is 19.5. The highest BCUT2D eigenvalue weighted by Gasteiger charge is 2.29. The van der Waals surface area contributed by atoms with Gasteiger partial charge >= 0.3 is 0 Å². The summed E-state index contributed by atoms with van der Waals surface area (Å²) in [5.74, 6) is 0. The van der Waals surface area contributed by atoms with Gasteiger partial charge in [0.2, 0.25) is 20.0 Å². The van der Waals surface area contributed by atoms with Crippen LogP contribution in [0.2, 0.25) is 0 Å². The standard InChI is InChI=1S/C18H22N2O4S3/c1-2-11-20(15-16-6-5-14-25-16)27(23,24)18-9-7-17(8-10-18)26(21,22)19-12-3-4-13-19/h2,5-10,14H,1,3-4,11-13,15H2. The Balaban J connectivity index is 1.86. The first kappa shape index (κ1) is 20.2. The summed E-state index contributed by atoms with van der Waals surface area (Å²) in [7, 11) is -7.32. The lowest BCUT2D eigenvalue weighted by molar-refractivity contribution is 0.441. The van der Waals surface area contributed by atoms with Gasteiger partial charge in [-0.25, -0.2) is 16.8 Å². The fourth-order valence-corrected chi connectivity index (χ4v) is 6.69. The number of thiophene rings is 1. The minimum atomic E-state index is -3.76. The predicted octanol–water partition coefficient (Wildman–Crippen LogP) is 2.91. The van der Waals surface area contributed by atoms with Gasteiger partial charge in [0.25, 0.3) is 0 Å². The van der Waals surface area contributed by atoms with Crippen LogP contribution in [-0.2, 0) is 26.6 Å². The number of nitrogens with zero attached hydrogens (tertiary/aromatic N) is 2. The van der Waals surface area contributed by atoms with Gasteiger partial charge in [-0.3, -0.25) is 0 Å². The molecule has 146 valence electrons. The molecule has 1 aromatic heterocycles. The number of rotatable bonds is 8. The van der Waals surface area contributed by atoms with E-state index in [0.717, 1.165) is 17.7 Å². The monoisotopic (exact) mass is 426 g/mol. The summed E-state index contributed by atoms with van der Waals surface area (Å²) in [6.07, 6.45) is 3.24. The lowest BCUT2D eigenvalue weighted by Gasteiger charge is -2.20. The summed E-state index contributed by atoms with van der Waals surface area (Å²) in [6.45, 7) is 5.08. The highest BCUT2D eigenvalue weighted by molar-refractivity contribution is 7.89. The second-order valence-electron chi connectivity index (χ2n) is 6.25. The van der Waals surface area contributed by atoms with Crippen molar-refractivity contribution in [3.8, 4) is 0 Å². The van der Waals surface area contributed by atoms with Crippen LogP contribution in [0.15, 0.2) is 64.2 Å². The smallest absolute Gasteiger partial charge is 0.207 e. The van der Waals surface area contributed by atoms with Crippen molar-refractivity contribution >= 4 is 31.4 Å². The minimum Gasteiger partial charge on any atom is -0.207 e. The van der Waals surface area contributed by atoms with Gasteiger partial charge in [0.15, 0.2) is 0 Å². The fraction of sp³-hybridized carbons (Fsp3) is 0.333. The van der Waals surface area contributed by atoms with Crippen LogP contribution in [0.4, 0.5) is 0 Å². The number of benzene rings is 1. The number of hydrogen-bond donors (Lipinski definition) is 0. The first-order chi connectivity index (χ1) is 12.9. The Labute approximate surface area is 164 Å². The molecule has 0 aliphatic carbocycles. The molecule has 0 amide bonds. The normalized spacial score (nSPS) is 16.0. The van der Waals surface area contributed by atoms with E-state index in [1.807, 2.05) is 17.5 Å². The topological polar surface area (TPSA) is 74.8 Å². The average molecular weight is 427 g/mol. The second-order valence-corrected chi connectivity index (χ2v) is 11.2. The van der Waals surface area contributed by atoms with E-state index in [9.17, 15) is 16.8 Å². The Bertz CT molecular complexity index is 976. The summed E-state index contributed by atoms with van der Waals surface area (Å²) in [4.78, 5) is 1.12. The molecule has 2 aromatic rings. The Morgan fingerprint density at radius 3 is 2.22 bits per heavy atom. The van der Waals surface area contributed by atoms with Crippen molar-refractivity contribution in [2.24, 2.45) is 0 Å². The van der Waals surface area contributed by atoms with E-state index in [0.29, 0.717) is 13.1 Å². The molecular weight excluding hydrogens is 404 g/mol. The molecule has 0 radical (unpaired) electrons. The summed E-state index contributed by atoms with van der Waals surface area (Å²) in [5.41, 5.74) is 0. The Hall–Kier alpha value is -1.52. The third-order valence-electron chi connectivity index (χ3n) is 4.41. The van der Waals surface area contributed by atoms with Gasteiger partial charge in [0.1, 0.15) is 0 Å².